The summed E-state index contributed by atoms with van der Waals surface area (Å²) in [4.78, 5) is 17.1. The van der Waals surface area contributed by atoms with Crippen LogP contribution in [0.1, 0.15) is 40.0 Å². The smallest absolute Gasteiger partial charge is 0.261 e. The van der Waals surface area contributed by atoms with Crippen LogP contribution in [0.15, 0.2) is 59.2 Å². The van der Waals surface area contributed by atoms with E-state index in [1.54, 1.807) is 6.26 Å². The van der Waals surface area contributed by atoms with Crippen LogP contribution in [0.5, 0.6) is 0 Å². The second-order valence-electron chi connectivity index (χ2n) is 7.65. The number of benzene rings is 1. The zero-order valence-corrected chi connectivity index (χ0v) is 17.7. The van der Waals surface area contributed by atoms with Crippen molar-refractivity contribution in [2.24, 2.45) is 0 Å². The summed E-state index contributed by atoms with van der Waals surface area (Å²) in [6.45, 7) is 4.59. The SMILES string of the molecule is Cc1nn(-c2ccccc2)c2sc(C(=O)NCC(c3ccco3)N3CCCC3)cc12. The molecule has 4 heterocycles. The number of carbonyl (C=O) groups excluding carboxylic acids is 1. The van der Waals surface area contributed by atoms with E-state index < -0.39 is 0 Å². The first-order valence-electron chi connectivity index (χ1n) is 10.3. The molecule has 30 heavy (non-hydrogen) atoms. The third kappa shape index (κ3) is 3.55. The van der Waals surface area contributed by atoms with Gasteiger partial charge in [-0.25, -0.2) is 4.68 Å². The standard InChI is InChI=1S/C23H24N4O2S/c1-16-18-14-21(30-23(18)27(25-16)17-8-3-2-4-9-17)22(28)24-15-19(20-10-7-13-29-20)26-11-5-6-12-26/h2-4,7-10,13-14,19H,5-6,11-12,15H2,1H3,(H,24,28). The van der Waals surface area contributed by atoms with Gasteiger partial charge in [-0.15, -0.1) is 11.3 Å². The Balaban J connectivity index is 1.37. The van der Waals surface area contributed by atoms with Crippen LogP contribution >= 0.6 is 11.3 Å². The minimum Gasteiger partial charge on any atom is -0.468 e. The predicted octanol–water partition coefficient (Wildman–Crippen LogP) is 4.56. The monoisotopic (exact) mass is 420 g/mol. The number of carbonyl (C=O) groups is 1. The normalized spacial score (nSPS) is 15.6. The van der Waals surface area contributed by atoms with Gasteiger partial charge >= 0.3 is 0 Å². The molecule has 7 heteroatoms. The van der Waals surface area contributed by atoms with Crippen LogP contribution in [-0.4, -0.2) is 40.2 Å². The average molecular weight is 421 g/mol. The molecule has 4 aromatic rings. The van der Waals surface area contributed by atoms with Crippen LogP contribution in [-0.2, 0) is 0 Å². The summed E-state index contributed by atoms with van der Waals surface area (Å²) < 4.78 is 7.58. The van der Waals surface area contributed by atoms with E-state index in [1.807, 2.05) is 60.1 Å². The number of fused-ring (bicyclic) bond motifs is 1. The van der Waals surface area contributed by atoms with Crippen molar-refractivity contribution in [2.45, 2.75) is 25.8 Å². The Morgan fingerprint density at radius 1 is 1.20 bits per heavy atom. The van der Waals surface area contributed by atoms with Crippen LogP contribution in [0.25, 0.3) is 15.9 Å². The lowest BCUT2D eigenvalue weighted by Gasteiger charge is -2.25. The summed E-state index contributed by atoms with van der Waals surface area (Å²) in [6, 6.07) is 15.9. The Hall–Kier alpha value is -2.90. The van der Waals surface area contributed by atoms with Crippen molar-refractivity contribution in [2.75, 3.05) is 19.6 Å². The van der Waals surface area contributed by atoms with E-state index in [1.165, 1.54) is 24.2 Å². The number of hydrogen-bond donors (Lipinski definition) is 1. The number of nitrogens with zero attached hydrogens (tertiary/aromatic N) is 3. The molecule has 0 aliphatic carbocycles. The number of aromatic nitrogens is 2. The first kappa shape index (κ1) is 19.1. The first-order valence-corrected chi connectivity index (χ1v) is 11.1. The van der Waals surface area contributed by atoms with Gasteiger partial charge in [-0.05, 0) is 63.2 Å². The fraction of sp³-hybridized carbons (Fsp3) is 0.304. The topological polar surface area (TPSA) is 63.3 Å². The Kier molecular flexibility index (Phi) is 5.14. The molecule has 6 nitrogen and oxygen atoms in total. The van der Waals surface area contributed by atoms with Crippen LogP contribution in [0, 0.1) is 6.92 Å². The molecule has 0 radical (unpaired) electrons. The van der Waals surface area contributed by atoms with E-state index in [9.17, 15) is 4.79 Å². The highest BCUT2D eigenvalue weighted by molar-refractivity contribution is 7.20. The van der Waals surface area contributed by atoms with Gasteiger partial charge in [0, 0.05) is 11.9 Å². The molecule has 1 saturated heterocycles. The minimum absolute atomic E-state index is 0.0500. The van der Waals surface area contributed by atoms with Gasteiger partial charge in [0.15, 0.2) is 0 Å². The van der Waals surface area contributed by atoms with Gasteiger partial charge in [0.2, 0.25) is 0 Å². The molecule has 1 atom stereocenters. The summed E-state index contributed by atoms with van der Waals surface area (Å²) >= 11 is 1.48. The molecular weight excluding hydrogens is 396 g/mol. The Morgan fingerprint density at radius 2 is 2.00 bits per heavy atom. The van der Waals surface area contributed by atoms with Gasteiger partial charge in [-0.3, -0.25) is 9.69 Å². The highest BCUT2D eigenvalue weighted by Crippen LogP contribution is 2.31. The van der Waals surface area contributed by atoms with Crippen LogP contribution in [0.2, 0.25) is 0 Å². The van der Waals surface area contributed by atoms with E-state index in [0.29, 0.717) is 11.4 Å². The van der Waals surface area contributed by atoms with Gasteiger partial charge in [0.1, 0.15) is 10.6 Å². The van der Waals surface area contributed by atoms with Crippen molar-refractivity contribution in [3.63, 3.8) is 0 Å². The zero-order valence-electron chi connectivity index (χ0n) is 16.9. The molecule has 1 amide bonds. The van der Waals surface area contributed by atoms with E-state index in [0.717, 1.165) is 40.4 Å². The van der Waals surface area contributed by atoms with Crippen molar-refractivity contribution >= 4 is 27.5 Å². The van der Waals surface area contributed by atoms with E-state index in [2.05, 4.69) is 15.3 Å². The highest BCUT2D eigenvalue weighted by Gasteiger charge is 2.26. The van der Waals surface area contributed by atoms with Crippen LogP contribution in [0.3, 0.4) is 0 Å². The van der Waals surface area contributed by atoms with Crippen LogP contribution in [0.4, 0.5) is 0 Å². The lowest BCUT2D eigenvalue weighted by Crippen LogP contribution is -2.36. The quantitative estimate of drug-likeness (QED) is 0.497. The Morgan fingerprint density at radius 3 is 2.73 bits per heavy atom. The Bertz CT molecular complexity index is 1140. The summed E-state index contributed by atoms with van der Waals surface area (Å²) in [5, 5.41) is 8.82. The van der Waals surface area contributed by atoms with Crippen molar-refractivity contribution in [1.82, 2.24) is 20.0 Å². The molecule has 154 valence electrons. The van der Waals surface area contributed by atoms with Gasteiger partial charge < -0.3 is 9.73 Å². The van der Waals surface area contributed by atoms with Gasteiger partial charge in [0.05, 0.1) is 28.6 Å². The summed E-state index contributed by atoms with van der Waals surface area (Å²) in [5.41, 5.74) is 1.92. The van der Waals surface area contributed by atoms with E-state index in [4.69, 9.17) is 4.42 Å². The summed E-state index contributed by atoms with van der Waals surface area (Å²) in [7, 11) is 0. The van der Waals surface area contributed by atoms with E-state index in [-0.39, 0.29) is 11.9 Å². The number of likely N-dealkylation sites (tertiary alicyclic amines) is 1. The van der Waals surface area contributed by atoms with Crippen molar-refractivity contribution in [3.8, 4) is 5.69 Å². The molecule has 3 aromatic heterocycles. The lowest BCUT2D eigenvalue weighted by atomic mass is 10.2. The molecule has 1 aliphatic heterocycles. The number of para-hydroxylation sites is 1. The minimum atomic E-state index is -0.0500. The maximum atomic E-state index is 13.0. The first-order chi connectivity index (χ1) is 14.7. The van der Waals surface area contributed by atoms with Crippen molar-refractivity contribution in [1.29, 1.82) is 0 Å². The molecule has 1 fully saturated rings. The number of rotatable bonds is 6. The molecule has 1 aromatic carbocycles. The molecular formula is C23H24N4O2S. The maximum absolute atomic E-state index is 13.0. The number of aryl methyl sites for hydroxylation is 1. The largest absolute Gasteiger partial charge is 0.468 e. The summed E-state index contributed by atoms with van der Waals surface area (Å²) in [5.74, 6) is 0.857. The second-order valence-corrected chi connectivity index (χ2v) is 8.68. The number of furan rings is 1. The molecule has 5 rings (SSSR count). The number of hydrogen-bond acceptors (Lipinski definition) is 5. The average Bonchev–Trinajstić information content (AvgIpc) is 3.56. The Labute approximate surface area is 179 Å². The van der Waals surface area contributed by atoms with E-state index >= 15 is 0 Å². The fourth-order valence-electron chi connectivity index (χ4n) is 4.12. The summed E-state index contributed by atoms with van der Waals surface area (Å²) in [6.07, 6.45) is 4.08. The number of thiophene rings is 1. The molecule has 1 aliphatic rings. The molecule has 0 saturated carbocycles. The molecule has 1 unspecified atom stereocenters. The second kappa shape index (κ2) is 8.08. The van der Waals surface area contributed by atoms with Gasteiger partial charge in [0.25, 0.3) is 5.91 Å². The zero-order chi connectivity index (χ0) is 20.5. The fourth-order valence-corrected chi connectivity index (χ4v) is 5.22. The molecule has 0 spiro atoms. The van der Waals surface area contributed by atoms with Crippen LogP contribution < -0.4 is 5.32 Å². The number of amides is 1. The predicted molar refractivity (Wildman–Crippen MR) is 118 cm³/mol. The molecule has 1 N–H and O–H groups in total. The highest BCUT2D eigenvalue weighted by atomic mass is 32.1. The number of nitrogens with one attached hydrogen (secondary N) is 1. The van der Waals surface area contributed by atoms with Gasteiger partial charge in [-0.1, -0.05) is 18.2 Å². The van der Waals surface area contributed by atoms with Crippen molar-refractivity contribution < 1.29 is 9.21 Å². The maximum Gasteiger partial charge on any atom is 0.261 e. The third-order valence-electron chi connectivity index (χ3n) is 5.68. The molecule has 0 bridgehead atoms. The van der Waals surface area contributed by atoms with Gasteiger partial charge in [-0.2, -0.15) is 5.10 Å². The third-order valence-corrected chi connectivity index (χ3v) is 6.79. The lowest BCUT2D eigenvalue weighted by molar-refractivity contribution is 0.0938. The van der Waals surface area contributed by atoms with Crippen molar-refractivity contribution in [3.05, 3.63) is 71.1 Å².